The fourth-order valence-electron chi connectivity index (χ4n) is 1.27. The smallest absolute Gasteiger partial charge is 0.325 e. The first kappa shape index (κ1) is 15.2. The van der Waals surface area contributed by atoms with Gasteiger partial charge in [-0.3, -0.25) is 14.4 Å². The first-order valence-electron chi connectivity index (χ1n) is 5.75. The van der Waals surface area contributed by atoms with Gasteiger partial charge in [-0.1, -0.05) is 42.1 Å². The number of nitrogens with one attached hydrogen (secondary N) is 1. The minimum atomic E-state index is -1.08. The van der Waals surface area contributed by atoms with Crippen LogP contribution in [0, 0.1) is 0 Å². The number of thioether (sulfide) groups is 1. The van der Waals surface area contributed by atoms with Crippen LogP contribution in [0.3, 0.4) is 0 Å². The third kappa shape index (κ3) is 5.56. The number of hydrogen-bond acceptors (Lipinski definition) is 4. The highest BCUT2D eigenvalue weighted by Crippen LogP contribution is 2.12. The molecule has 2 N–H and O–H groups in total. The Kier molecular flexibility index (Phi) is 6.08. The van der Waals surface area contributed by atoms with E-state index in [2.05, 4.69) is 5.32 Å². The number of carbonyl (C=O) groups is 3. The van der Waals surface area contributed by atoms with Crippen molar-refractivity contribution in [1.82, 2.24) is 5.32 Å². The molecule has 1 aromatic rings. The van der Waals surface area contributed by atoms with E-state index in [1.165, 1.54) is 6.92 Å². The number of carboxylic acids is 1. The van der Waals surface area contributed by atoms with Gasteiger partial charge in [-0.15, -0.1) is 0 Å². The molecule has 19 heavy (non-hydrogen) atoms. The maximum Gasteiger partial charge on any atom is 0.325 e. The minimum Gasteiger partial charge on any atom is -0.480 e. The lowest BCUT2D eigenvalue weighted by Crippen LogP contribution is -2.38. The Labute approximate surface area is 115 Å². The number of benzene rings is 1. The minimum absolute atomic E-state index is 0.0975. The van der Waals surface area contributed by atoms with E-state index in [9.17, 15) is 14.4 Å². The number of carboxylic acid groups (broad SMARTS) is 1. The lowest BCUT2D eigenvalue weighted by Gasteiger charge is -2.08. The molecule has 1 rings (SSSR count). The topological polar surface area (TPSA) is 83.5 Å². The van der Waals surface area contributed by atoms with Gasteiger partial charge in [0.25, 0.3) is 0 Å². The molecule has 1 atom stereocenters. The van der Waals surface area contributed by atoms with Crippen molar-refractivity contribution in [1.29, 1.82) is 0 Å². The molecule has 0 fully saturated rings. The molecule has 5 nitrogen and oxygen atoms in total. The second kappa shape index (κ2) is 7.58. The molecule has 0 aliphatic rings. The summed E-state index contributed by atoms with van der Waals surface area (Å²) >= 11 is 1.05. The van der Waals surface area contributed by atoms with E-state index in [0.29, 0.717) is 11.3 Å². The number of carbonyl (C=O) groups excluding carboxylic acids is 2. The molecule has 0 spiro atoms. The van der Waals surface area contributed by atoms with Gasteiger partial charge in [-0.25, -0.2) is 0 Å². The molecule has 102 valence electrons. The van der Waals surface area contributed by atoms with Crippen LogP contribution >= 0.6 is 11.8 Å². The highest BCUT2D eigenvalue weighted by Gasteiger charge is 2.14. The molecule has 6 heteroatoms. The average Bonchev–Trinajstić information content (AvgIpc) is 2.39. The maximum absolute atomic E-state index is 11.7. The number of rotatable bonds is 6. The van der Waals surface area contributed by atoms with E-state index in [4.69, 9.17) is 5.11 Å². The standard InChI is InChI=1S/C13H15NO4S/c1-9(12(16)17)14-11(15)7-8-19-13(18)10-5-3-2-4-6-10/h2-6,9H,7-8H2,1H3,(H,14,15)(H,16,17)/t9-/m1/s1. The van der Waals surface area contributed by atoms with Gasteiger partial charge in [-0.05, 0) is 6.92 Å². The van der Waals surface area contributed by atoms with Gasteiger partial charge in [0.15, 0.2) is 0 Å². The summed E-state index contributed by atoms with van der Waals surface area (Å²) in [5.41, 5.74) is 0.590. The summed E-state index contributed by atoms with van der Waals surface area (Å²) in [5, 5.41) is 10.9. The molecule has 0 unspecified atom stereocenters. The van der Waals surface area contributed by atoms with Crippen LogP contribution in [-0.4, -0.2) is 33.9 Å². The number of amides is 1. The van der Waals surface area contributed by atoms with E-state index in [0.717, 1.165) is 11.8 Å². The Morgan fingerprint density at radius 1 is 1.26 bits per heavy atom. The van der Waals surface area contributed by atoms with Crippen molar-refractivity contribution in [3.05, 3.63) is 35.9 Å². The predicted octanol–water partition coefficient (Wildman–Crippen LogP) is 1.54. The fraction of sp³-hybridized carbons (Fsp3) is 0.308. The van der Waals surface area contributed by atoms with Crippen LogP contribution in [0.5, 0.6) is 0 Å². The summed E-state index contributed by atoms with van der Waals surface area (Å²) in [5.74, 6) is -1.13. The molecule has 0 heterocycles. The van der Waals surface area contributed by atoms with Crippen LogP contribution in [-0.2, 0) is 9.59 Å². The van der Waals surface area contributed by atoms with Crippen molar-refractivity contribution in [3.8, 4) is 0 Å². The van der Waals surface area contributed by atoms with E-state index in [-0.39, 0.29) is 17.4 Å². The Morgan fingerprint density at radius 2 is 1.89 bits per heavy atom. The highest BCUT2D eigenvalue weighted by atomic mass is 32.2. The second-order valence-electron chi connectivity index (χ2n) is 3.88. The zero-order chi connectivity index (χ0) is 14.3. The van der Waals surface area contributed by atoms with Gasteiger partial charge in [0.2, 0.25) is 11.0 Å². The van der Waals surface area contributed by atoms with Crippen molar-refractivity contribution in [3.63, 3.8) is 0 Å². The first-order valence-corrected chi connectivity index (χ1v) is 6.73. The lowest BCUT2D eigenvalue weighted by molar-refractivity contribution is -0.141. The van der Waals surface area contributed by atoms with Crippen molar-refractivity contribution < 1.29 is 19.5 Å². The van der Waals surface area contributed by atoms with E-state index in [1.54, 1.807) is 24.3 Å². The largest absolute Gasteiger partial charge is 0.480 e. The highest BCUT2D eigenvalue weighted by molar-refractivity contribution is 8.14. The number of aliphatic carboxylic acids is 1. The second-order valence-corrected chi connectivity index (χ2v) is 4.95. The molecule has 0 aromatic heterocycles. The van der Waals surface area contributed by atoms with E-state index < -0.39 is 12.0 Å². The van der Waals surface area contributed by atoms with Crippen molar-refractivity contribution >= 4 is 28.8 Å². The third-order valence-electron chi connectivity index (χ3n) is 2.32. The third-order valence-corrected chi connectivity index (χ3v) is 3.23. The molecule has 0 radical (unpaired) electrons. The SMILES string of the molecule is C[C@@H](NC(=O)CCSC(=O)c1ccccc1)C(=O)O. The van der Waals surface area contributed by atoms with Crippen LogP contribution < -0.4 is 5.32 Å². The molecular weight excluding hydrogens is 266 g/mol. The fourth-order valence-corrected chi connectivity index (χ4v) is 2.04. The molecule has 1 aromatic carbocycles. The Morgan fingerprint density at radius 3 is 2.47 bits per heavy atom. The van der Waals surface area contributed by atoms with Crippen LogP contribution in [0.1, 0.15) is 23.7 Å². The summed E-state index contributed by atoms with van der Waals surface area (Å²) < 4.78 is 0. The van der Waals surface area contributed by atoms with E-state index in [1.807, 2.05) is 6.07 Å². The zero-order valence-corrected chi connectivity index (χ0v) is 11.3. The van der Waals surface area contributed by atoms with Crippen LogP contribution in [0.25, 0.3) is 0 Å². The van der Waals surface area contributed by atoms with Gasteiger partial charge in [0.05, 0.1) is 0 Å². The Bertz CT molecular complexity index is 461. The van der Waals surface area contributed by atoms with Crippen LogP contribution in [0.2, 0.25) is 0 Å². The van der Waals surface area contributed by atoms with Gasteiger partial charge < -0.3 is 10.4 Å². The molecule has 0 saturated heterocycles. The van der Waals surface area contributed by atoms with Gasteiger partial charge in [0.1, 0.15) is 6.04 Å². The maximum atomic E-state index is 11.7. The summed E-state index contributed by atoms with van der Waals surface area (Å²) in [6, 6.07) is 7.87. The normalized spacial score (nSPS) is 11.6. The van der Waals surface area contributed by atoms with Crippen molar-refractivity contribution in [2.24, 2.45) is 0 Å². The van der Waals surface area contributed by atoms with E-state index >= 15 is 0 Å². The van der Waals surface area contributed by atoms with Gasteiger partial charge in [-0.2, -0.15) is 0 Å². The predicted molar refractivity (Wildman–Crippen MR) is 73.1 cm³/mol. The quantitative estimate of drug-likeness (QED) is 0.826. The lowest BCUT2D eigenvalue weighted by atomic mass is 10.2. The molecule has 1 amide bonds. The van der Waals surface area contributed by atoms with Crippen molar-refractivity contribution in [2.75, 3.05) is 5.75 Å². The molecular formula is C13H15NO4S. The van der Waals surface area contributed by atoms with Crippen molar-refractivity contribution in [2.45, 2.75) is 19.4 Å². The number of hydrogen-bond donors (Lipinski definition) is 2. The average molecular weight is 281 g/mol. The molecule has 0 bridgehead atoms. The van der Waals surface area contributed by atoms with Gasteiger partial charge in [0, 0.05) is 17.7 Å². The first-order chi connectivity index (χ1) is 9.00. The Hall–Kier alpha value is -1.82. The van der Waals surface area contributed by atoms with Gasteiger partial charge >= 0.3 is 5.97 Å². The summed E-state index contributed by atoms with van der Waals surface area (Å²) in [6.45, 7) is 1.39. The summed E-state index contributed by atoms with van der Waals surface area (Å²) in [6.07, 6.45) is 0.112. The Balaban J connectivity index is 2.29. The van der Waals surface area contributed by atoms with Crippen LogP contribution in [0.4, 0.5) is 0 Å². The van der Waals surface area contributed by atoms with Crippen LogP contribution in [0.15, 0.2) is 30.3 Å². The molecule has 0 aliphatic carbocycles. The molecule has 0 aliphatic heterocycles. The summed E-state index contributed by atoms with van der Waals surface area (Å²) in [7, 11) is 0. The molecule has 0 saturated carbocycles. The summed E-state index contributed by atoms with van der Waals surface area (Å²) in [4.78, 5) is 33.6. The monoisotopic (exact) mass is 281 g/mol. The zero-order valence-electron chi connectivity index (χ0n) is 10.5.